The number of amides is 2. The fourth-order valence-electron chi connectivity index (χ4n) is 2.78. The van der Waals surface area contributed by atoms with Gasteiger partial charge in [-0.3, -0.25) is 9.59 Å². The number of anilines is 1. The monoisotopic (exact) mass is 347 g/mol. The number of carbonyl (C=O) groups is 2. The summed E-state index contributed by atoms with van der Waals surface area (Å²) in [5, 5.41) is 6.12. The van der Waals surface area contributed by atoms with Crippen molar-refractivity contribution in [2.75, 3.05) is 19.4 Å². The zero-order valence-corrected chi connectivity index (χ0v) is 15.1. The van der Waals surface area contributed by atoms with E-state index in [2.05, 4.69) is 10.6 Å². The van der Waals surface area contributed by atoms with Crippen LogP contribution in [-0.4, -0.2) is 35.9 Å². The molecule has 0 atom stereocenters. The van der Waals surface area contributed by atoms with Gasteiger partial charge in [-0.25, -0.2) is 0 Å². The number of benzene rings is 1. The third-order valence-electron chi connectivity index (χ3n) is 4.28. The van der Waals surface area contributed by atoms with Gasteiger partial charge >= 0.3 is 0 Å². The van der Waals surface area contributed by atoms with Crippen molar-refractivity contribution in [2.45, 2.75) is 38.5 Å². The Labute approximate surface area is 148 Å². The Morgan fingerprint density at radius 2 is 1.75 bits per heavy atom. The zero-order valence-electron chi connectivity index (χ0n) is 14.3. The largest absolute Gasteiger partial charge is 0.349 e. The number of rotatable bonds is 4. The Morgan fingerprint density at radius 3 is 2.33 bits per heavy atom. The standard InChI is InChI=1S/C18H25N3O2S/c1-21(2)16(22)12-13-8-10-15(11-9-13)19-18(24)20-17(23)14-6-4-3-5-7-14/h8-11,14H,3-7,12H2,1-2H3,(H2,19,20,23,24). The highest BCUT2D eigenvalue weighted by atomic mass is 32.1. The summed E-state index contributed by atoms with van der Waals surface area (Å²) >= 11 is 5.21. The highest BCUT2D eigenvalue weighted by Gasteiger charge is 2.21. The molecular formula is C18H25N3O2S. The van der Waals surface area contributed by atoms with Crippen molar-refractivity contribution in [3.8, 4) is 0 Å². The molecule has 24 heavy (non-hydrogen) atoms. The van der Waals surface area contributed by atoms with E-state index in [1.165, 1.54) is 6.42 Å². The first-order valence-electron chi connectivity index (χ1n) is 8.36. The molecule has 1 aromatic rings. The molecule has 2 N–H and O–H groups in total. The summed E-state index contributed by atoms with van der Waals surface area (Å²) in [7, 11) is 3.48. The van der Waals surface area contributed by atoms with Gasteiger partial charge in [0.05, 0.1) is 6.42 Å². The van der Waals surface area contributed by atoms with E-state index in [4.69, 9.17) is 12.2 Å². The van der Waals surface area contributed by atoms with Crippen molar-refractivity contribution in [1.82, 2.24) is 10.2 Å². The topological polar surface area (TPSA) is 61.4 Å². The molecule has 1 saturated carbocycles. The van der Waals surface area contributed by atoms with Crippen LogP contribution in [0.25, 0.3) is 0 Å². The molecule has 0 heterocycles. The van der Waals surface area contributed by atoms with Gasteiger partial charge in [-0.05, 0) is 42.8 Å². The van der Waals surface area contributed by atoms with Gasteiger partial charge in [-0.1, -0.05) is 31.4 Å². The van der Waals surface area contributed by atoms with Crippen LogP contribution >= 0.6 is 12.2 Å². The van der Waals surface area contributed by atoms with Gasteiger partial charge in [-0.15, -0.1) is 0 Å². The van der Waals surface area contributed by atoms with Gasteiger partial charge in [0.15, 0.2) is 5.11 Å². The fourth-order valence-corrected chi connectivity index (χ4v) is 3.00. The van der Waals surface area contributed by atoms with Crippen molar-refractivity contribution in [1.29, 1.82) is 0 Å². The number of hydrogen-bond donors (Lipinski definition) is 2. The lowest BCUT2D eigenvalue weighted by atomic mass is 9.89. The van der Waals surface area contributed by atoms with Gasteiger partial charge in [0, 0.05) is 25.7 Å². The Kier molecular flexibility index (Phi) is 6.73. The van der Waals surface area contributed by atoms with Crippen LogP contribution in [0.1, 0.15) is 37.7 Å². The van der Waals surface area contributed by atoms with Crippen molar-refractivity contribution in [3.63, 3.8) is 0 Å². The molecule has 0 spiro atoms. The van der Waals surface area contributed by atoms with E-state index in [1.54, 1.807) is 19.0 Å². The number of nitrogens with zero attached hydrogens (tertiary/aromatic N) is 1. The molecular weight excluding hydrogens is 322 g/mol. The van der Waals surface area contributed by atoms with Crippen molar-refractivity contribution in [3.05, 3.63) is 29.8 Å². The second-order valence-corrected chi connectivity index (χ2v) is 6.85. The average Bonchev–Trinajstić information content (AvgIpc) is 2.57. The lowest BCUT2D eigenvalue weighted by Gasteiger charge is -2.21. The molecule has 6 heteroatoms. The maximum absolute atomic E-state index is 12.2. The van der Waals surface area contributed by atoms with Crippen molar-refractivity contribution < 1.29 is 9.59 Å². The maximum atomic E-state index is 12.2. The van der Waals surface area contributed by atoms with Gasteiger partial charge in [-0.2, -0.15) is 0 Å². The third-order valence-corrected chi connectivity index (χ3v) is 4.48. The minimum atomic E-state index is 0.0143. The van der Waals surface area contributed by atoms with Crippen LogP contribution < -0.4 is 10.6 Å². The molecule has 0 unspecified atom stereocenters. The molecule has 5 nitrogen and oxygen atoms in total. The predicted molar refractivity (Wildman–Crippen MR) is 99.8 cm³/mol. The number of likely N-dealkylation sites (N-methyl/N-ethyl adjacent to an activating group) is 1. The van der Waals surface area contributed by atoms with Gasteiger partial charge < -0.3 is 15.5 Å². The highest BCUT2D eigenvalue weighted by molar-refractivity contribution is 7.80. The van der Waals surface area contributed by atoms with E-state index >= 15 is 0 Å². The minimum absolute atomic E-state index is 0.0143. The molecule has 1 aromatic carbocycles. The molecule has 1 aliphatic carbocycles. The molecule has 130 valence electrons. The van der Waals surface area contributed by atoms with Crippen LogP contribution in [-0.2, 0) is 16.0 Å². The van der Waals surface area contributed by atoms with Crippen LogP contribution in [0.2, 0.25) is 0 Å². The molecule has 0 radical (unpaired) electrons. The first kappa shape index (κ1) is 18.4. The Hall–Kier alpha value is -1.95. The van der Waals surface area contributed by atoms with Crippen LogP contribution in [0.3, 0.4) is 0 Å². The Bertz CT molecular complexity index is 593. The first-order valence-corrected chi connectivity index (χ1v) is 8.77. The predicted octanol–water partition coefficient (Wildman–Crippen LogP) is 2.71. The molecule has 1 aliphatic rings. The summed E-state index contributed by atoms with van der Waals surface area (Å²) in [4.78, 5) is 25.4. The van der Waals surface area contributed by atoms with Gasteiger partial charge in [0.2, 0.25) is 11.8 Å². The second kappa shape index (κ2) is 8.78. The molecule has 1 fully saturated rings. The molecule has 0 aromatic heterocycles. The molecule has 2 amide bonds. The summed E-state index contributed by atoms with van der Waals surface area (Å²) in [5.74, 6) is 0.157. The number of nitrogens with one attached hydrogen (secondary N) is 2. The summed E-state index contributed by atoms with van der Waals surface area (Å²) in [6, 6.07) is 7.49. The van der Waals surface area contributed by atoms with E-state index in [-0.39, 0.29) is 17.7 Å². The van der Waals surface area contributed by atoms with E-state index < -0.39 is 0 Å². The van der Waals surface area contributed by atoms with Crippen LogP contribution in [0.4, 0.5) is 5.69 Å². The quantitative estimate of drug-likeness (QED) is 0.822. The van der Waals surface area contributed by atoms with E-state index in [0.717, 1.165) is 36.9 Å². The smallest absolute Gasteiger partial charge is 0.229 e. The lowest BCUT2D eigenvalue weighted by Crippen LogP contribution is -2.38. The summed E-state index contributed by atoms with van der Waals surface area (Å²) in [6.07, 6.45) is 5.72. The van der Waals surface area contributed by atoms with Crippen molar-refractivity contribution in [2.24, 2.45) is 5.92 Å². The zero-order chi connectivity index (χ0) is 17.5. The molecule has 0 aliphatic heterocycles. The SMILES string of the molecule is CN(C)C(=O)Cc1ccc(NC(=S)NC(=O)C2CCCCC2)cc1. The molecule has 2 rings (SSSR count). The van der Waals surface area contributed by atoms with Crippen LogP contribution in [0, 0.1) is 5.92 Å². The highest BCUT2D eigenvalue weighted by Crippen LogP contribution is 2.23. The van der Waals surface area contributed by atoms with E-state index in [1.807, 2.05) is 24.3 Å². The third kappa shape index (κ3) is 5.60. The Morgan fingerprint density at radius 1 is 1.12 bits per heavy atom. The van der Waals surface area contributed by atoms with E-state index in [0.29, 0.717) is 11.5 Å². The minimum Gasteiger partial charge on any atom is -0.349 e. The van der Waals surface area contributed by atoms with Gasteiger partial charge in [0.1, 0.15) is 0 Å². The average molecular weight is 347 g/mol. The Balaban J connectivity index is 1.83. The number of hydrogen-bond acceptors (Lipinski definition) is 3. The second-order valence-electron chi connectivity index (χ2n) is 6.44. The molecule has 0 bridgehead atoms. The number of thiocarbonyl (C=S) groups is 1. The summed E-state index contributed by atoms with van der Waals surface area (Å²) in [5.41, 5.74) is 1.74. The summed E-state index contributed by atoms with van der Waals surface area (Å²) in [6.45, 7) is 0. The molecule has 0 saturated heterocycles. The van der Waals surface area contributed by atoms with Crippen LogP contribution in [0.15, 0.2) is 24.3 Å². The normalized spacial score (nSPS) is 14.8. The summed E-state index contributed by atoms with van der Waals surface area (Å²) < 4.78 is 0. The fraction of sp³-hybridized carbons (Fsp3) is 0.500. The van der Waals surface area contributed by atoms with Crippen molar-refractivity contribution >= 4 is 34.8 Å². The lowest BCUT2D eigenvalue weighted by molar-refractivity contribution is -0.128. The number of carbonyl (C=O) groups excluding carboxylic acids is 2. The van der Waals surface area contributed by atoms with Crippen LogP contribution in [0.5, 0.6) is 0 Å². The van der Waals surface area contributed by atoms with E-state index in [9.17, 15) is 9.59 Å². The maximum Gasteiger partial charge on any atom is 0.229 e. The first-order chi connectivity index (χ1) is 11.5. The van der Waals surface area contributed by atoms with Gasteiger partial charge in [0.25, 0.3) is 0 Å².